The van der Waals surface area contributed by atoms with Crippen molar-refractivity contribution < 1.29 is 4.42 Å². The Morgan fingerprint density at radius 3 is 1.85 bits per heavy atom. The van der Waals surface area contributed by atoms with Crippen LogP contribution < -0.4 is 0 Å². The maximum Gasteiger partial charge on any atom is 0.137 e. The second-order valence-corrected chi connectivity index (χ2v) is 12.0. The van der Waals surface area contributed by atoms with E-state index in [4.69, 9.17) is 9.40 Å². The summed E-state index contributed by atoms with van der Waals surface area (Å²) >= 11 is 0. The van der Waals surface area contributed by atoms with Crippen molar-refractivity contribution in [1.29, 1.82) is 0 Å². The Labute approximate surface area is 264 Å². The molecule has 46 heavy (non-hydrogen) atoms. The number of rotatable bonds is 3. The van der Waals surface area contributed by atoms with Gasteiger partial charge in [0.25, 0.3) is 0 Å². The van der Waals surface area contributed by atoms with E-state index < -0.39 is 0 Å². The third-order valence-corrected chi connectivity index (χ3v) is 9.38. The van der Waals surface area contributed by atoms with E-state index in [1.54, 1.807) is 0 Å². The van der Waals surface area contributed by atoms with E-state index in [1.165, 1.54) is 38.4 Å². The van der Waals surface area contributed by atoms with E-state index in [-0.39, 0.29) is 0 Å². The van der Waals surface area contributed by atoms with Crippen molar-refractivity contribution in [3.63, 3.8) is 0 Å². The van der Waals surface area contributed by atoms with Crippen LogP contribution in [0.3, 0.4) is 0 Å². The largest absolute Gasteiger partial charge is 0.456 e. The van der Waals surface area contributed by atoms with Crippen molar-refractivity contribution >= 4 is 60.2 Å². The summed E-state index contributed by atoms with van der Waals surface area (Å²) in [5, 5.41) is 7.08. The zero-order valence-electron chi connectivity index (χ0n) is 24.8. The molecule has 0 N–H and O–H groups in total. The van der Waals surface area contributed by atoms with Gasteiger partial charge in [-0.25, -0.2) is 4.98 Å². The molecule has 0 spiro atoms. The van der Waals surface area contributed by atoms with Gasteiger partial charge in [-0.15, -0.1) is 0 Å². The van der Waals surface area contributed by atoms with Crippen LogP contribution in [0.5, 0.6) is 0 Å². The molecule has 0 radical (unpaired) electrons. The molecule has 3 aromatic heterocycles. The van der Waals surface area contributed by atoms with Crippen molar-refractivity contribution in [2.75, 3.05) is 0 Å². The molecule has 0 atom stereocenters. The lowest BCUT2D eigenvalue weighted by atomic mass is 9.92. The van der Waals surface area contributed by atoms with Crippen LogP contribution in [0.4, 0.5) is 0 Å². The lowest BCUT2D eigenvalue weighted by Gasteiger charge is -2.12. The fourth-order valence-electron chi connectivity index (χ4n) is 7.16. The molecule has 3 nitrogen and oxygen atoms in total. The van der Waals surface area contributed by atoms with E-state index in [0.717, 1.165) is 55.1 Å². The van der Waals surface area contributed by atoms with Gasteiger partial charge in [0.2, 0.25) is 0 Å². The van der Waals surface area contributed by atoms with Crippen molar-refractivity contribution in [3.8, 4) is 33.4 Å². The van der Waals surface area contributed by atoms with Crippen LogP contribution in [-0.2, 0) is 0 Å². The fourth-order valence-corrected chi connectivity index (χ4v) is 7.16. The normalized spacial score (nSPS) is 11.9. The van der Waals surface area contributed by atoms with Gasteiger partial charge in [0.05, 0.1) is 11.0 Å². The van der Waals surface area contributed by atoms with Gasteiger partial charge in [-0.2, -0.15) is 0 Å². The predicted molar refractivity (Wildman–Crippen MR) is 191 cm³/mol. The van der Waals surface area contributed by atoms with Crippen LogP contribution in [0.25, 0.3) is 93.5 Å². The van der Waals surface area contributed by atoms with Crippen LogP contribution in [0.15, 0.2) is 162 Å². The second-order valence-electron chi connectivity index (χ2n) is 12.0. The number of imidazole rings is 1. The monoisotopic (exact) mass is 586 g/mol. The topological polar surface area (TPSA) is 30.4 Å². The summed E-state index contributed by atoms with van der Waals surface area (Å²) in [5.74, 6) is 0. The van der Waals surface area contributed by atoms with Gasteiger partial charge in [0.1, 0.15) is 16.8 Å². The molecule has 10 aromatic rings. The molecule has 0 saturated heterocycles. The lowest BCUT2D eigenvalue weighted by Crippen LogP contribution is -1.88. The number of hydrogen-bond donors (Lipinski definition) is 0. The third kappa shape index (κ3) is 3.75. The molecule has 0 saturated carbocycles. The summed E-state index contributed by atoms with van der Waals surface area (Å²) in [6.45, 7) is 0. The highest BCUT2D eigenvalue weighted by Crippen LogP contribution is 2.40. The van der Waals surface area contributed by atoms with Gasteiger partial charge in [-0.1, -0.05) is 103 Å². The van der Waals surface area contributed by atoms with Gasteiger partial charge >= 0.3 is 0 Å². The van der Waals surface area contributed by atoms with E-state index in [9.17, 15) is 0 Å². The van der Waals surface area contributed by atoms with Crippen molar-refractivity contribution in [2.45, 2.75) is 0 Å². The second kappa shape index (κ2) is 9.65. The first-order chi connectivity index (χ1) is 22.8. The highest BCUT2D eigenvalue weighted by molar-refractivity contribution is 6.25. The minimum atomic E-state index is 0.910. The van der Waals surface area contributed by atoms with E-state index in [0.29, 0.717) is 0 Å². The Bertz CT molecular complexity index is 2800. The van der Waals surface area contributed by atoms with Crippen molar-refractivity contribution in [3.05, 3.63) is 158 Å². The summed E-state index contributed by atoms with van der Waals surface area (Å²) in [7, 11) is 0. The Balaban J connectivity index is 1.18. The molecule has 0 fully saturated rings. The Hall–Kier alpha value is -6.19. The predicted octanol–water partition coefficient (Wildman–Crippen LogP) is 11.7. The third-order valence-electron chi connectivity index (χ3n) is 9.38. The van der Waals surface area contributed by atoms with Gasteiger partial charge < -0.3 is 4.42 Å². The van der Waals surface area contributed by atoms with Gasteiger partial charge in [-0.05, 0) is 92.7 Å². The molecular formula is C43H26N2O. The molecule has 10 rings (SSSR count). The first-order valence-electron chi connectivity index (χ1n) is 15.6. The number of benzene rings is 7. The molecule has 3 heteroatoms. The van der Waals surface area contributed by atoms with Crippen molar-refractivity contribution in [1.82, 2.24) is 9.38 Å². The van der Waals surface area contributed by atoms with Crippen LogP contribution in [-0.4, -0.2) is 9.38 Å². The Morgan fingerprint density at radius 1 is 0.391 bits per heavy atom. The first-order valence-corrected chi connectivity index (χ1v) is 15.6. The molecule has 0 aliphatic rings. The zero-order chi connectivity index (χ0) is 30.2. The van der Waals surface area contributed by atoms with Crippen LogP contribution >= 0.6 is 0 Å². The minimum absolute atomic E-state index is 0.910. The number of pyridine rings is 1. The number of hydrogen-bond acceptors (Lipinski definition) is 2. The van der Waals surface area contributed by atoms with Crippen molar-refractivity contribution in [2.24, 2.45) is 0 Å². The Kier molecular flexibility index (Phi) is 5.28. The maximum atomic E-state index is 6.21. The van der Waals surface area contributed by atoms with Gasteiger partial charge in [-0.3, -0.25) is 4.40 Å². The summed E-state index contributed by atoms with van der Waals surface area (Å²) in [6, 6.07) is 54.1. The highest BCUT2D eigenvalue weighted by Gasteiger charge is 2.16. The molecule has 3 heterocycles. The smallest absolute Gasteiger partial charge is 0.137 e. The summed E-state index contributed by atoms with van der Waals surface area (Å²) in [6.07, 6.45) is 2.12. The maximum absolute atomic E-state index is 6.21. The average Bonchev–Trinajstić information content (AvgIpc) is 3.70. The fraction of sp³-hybridized carbons (Fsp3) is 0. The molecule has 0 bridgehead atoms. The first kappa shape index (κ1) is 25.2. The van der Waals surface area contributed by atoms with Gasteiger partial charge in [0.15, 0.2) is 0 Å². The molecule has 214 valence electrons. The number of para-hydroxylation sites is 1. The van der Waals surface area contributed by atoms with Crippen LogP contribution in [0, 0.1) is 0 Å². The summed E-state index contributed by atoms with van der Waals surface area (Å²) in [5.41, 5.74) is 12.0. The molecule has 0 unspecified atom stereocenters. The SMILES string of the molecule is c1ccc(-c2ccc3c(c2)c2cc(-c4cccc(-c5ccc6c(c5)oc5ccccc56)c4)ccc2c2c3nc3ccccn32)cc1. The molecule has 0 aliphatic heterocycles. The highest BCUT2D eigenvalue weighted by atomic mass is 16.3. The quantitative estimate of drug-likeness (QED) is 0.193. The lowest BCUT2D eigenvalue weighted by molar-refractivity contribution is 0.669. The van der Waals surface area contributed by atoms with E-state index >= 15 is 0 Å². The zero-order valence-corrected chi connectivity index (χ0v) is 24.8. The summed E-state index contributed by atoms with van der Waals surface area (Å²) < 4.78 is 8.43. The van der Waals surface area contributed by atoms with E-state index in [1.807, 2.05) is 12.1 Å². The molecular weight excluding hydrogens is 560 g/mol. The molecule has 0 aliphatic carbocycles. The number of furan rings is 1. The van der Waals surface area contributed by atoms with Gasteiger partial charge in [0, 0.05) is 27.7 Å². The minimum Gasteiger partial charge on any atom is -0.456 e. The van der Waals surface area contributed by atoms with Crippen LogP contribution in [0.1, 0.15) is 0 Å². The number of fused-ring (bicyclic) bond motifs is 11. The van der Waals surface area contributed by atoms with E-state index in [2.05, 4.69) is 150 Å². The average molecular weight is 587 g/mol. The molecule has 0 amide bonds. The Morgan fingerprint density at radius 2 is 1.00 bits per heavy atom. The van der Waals surface area contributed by atoms with Crippen LogP contribution in [0.2, 0.25) is 0 Å². The number of aromatic nitrogens is 2. The standard InChI is InChI=1S/C43H26N2O/c1-2-9-27(10-3-1)30-17-20-35-37(24-30)38-25-31(18-21-36(38)43-42(35)44-41-15-6-7-22-45(41)43)28-11-8-12-29(23-28)32-16-19-34-33-13-4-5-14-39(33)46-40(34)26-32/h1-26H. The number of nitrogens with zero attached hydrogens (tertiary/aromatic N) is 2. The molecule has 7 aromatic carbocycles. The summed E-state index contributed by atoms with van der Waals surface area (Å²) in [4.78, 5) is 5.11.